The average Bonchev–Trinajstić information content (AvgIpc) is 2.65. The summed E-state index contributed by atoms with van der Waals surface area (Å²) in [6.07, 6.45) is 5.36. The minimum absolute atomic E-state index is 0.0589. The number of amides is 1. The highest BCUT2D eigenvalue weighted by Gasteiger charge is 2.12. The van der Waals surface area contributed by atoms with Crippen LogP contribution in [0.3, 0.4) is 0 Å². The zero-order valence-electron chi connectivity index (χ0n) is 14.4. The predicted molar refractivity (Wildman–Crippen MR) is 99.6 cm³/mol. The van der Waals surface area contributed by atoms with Gasteiger partial charge < -0.3 is 10.2 Å². The van der Waals surface area contributed by atoms with Gasteiger partial charge in [-0.1, -0.05) is 6.42 Å². The Balaban J connectivity index is 1.50. The van der Waals surface area contributed by atoms with Gasteiger partial charge in [-0.05, 0) is 50.2 Å². The summed E-state index contributed by atoms with van der Waals surface area (Å²) < 4.78 is 26.5. The normalized spacial score (nSPS) is 15.0. The largest absolute Gasteiger partial charge is 0.319 e. The highest BCUT2D eigenvalue weighted by Crippen LogP contribution is 2.19. The second-order valence-corrected chi connectivity index (χ2v) is 7.33. The Bertz CT molecular complexity index is 749. The van der Waals surface area contributed by atoms with Gasteiger partial charge in [-0.25, -0.2) is 13.8 Å². The van der Waals surface area contributed by atoms with Crippen molar-refractivity contribution in [3.8, 4) is 0 Å². The molecule has 1 aromatic carbocycles. The zero-order chi connectivity index (χ0) is 18.4. The molecule has 26 heavy (non-hydrogen) atoms. The maximum absolute atomic E-state index is 13.6. The van der Waals surface area contributed by atoms with E-state index in [4.69, 9.17) is 0 Å². The quantitative estimate of drug-likeness (QED) is 0.767. The molecule has 1 aliphatic rings. The van der Waals surface area contributed by atoms with Crippen LogP contribution in [0.2, 0.25) is 0 Å². The standard InChI is InChI=1S/C19H21F2N3OS/c20-15-5-6-17(16(21)12-15)23-19(25)14-4-7-18(22-13-14)26-11-10-24-8-2-1-3-9-24/h4-7,12-13H,1-3,8-11H2,(H,23,25). The van der Waals surface area contributed by atoms with Gasteiger partial charge >= 0.3 is 0 Å². The minimum atomic E-state index is -0.809. The van der Waals surface area contributed by atoms with Gasteiger partial charge in [0, 0.05) is 24.6 Å². The summed E-state index contributed by atoms with van der Waals surface area (Å²) in [5.41, 5.74) is 0.269. The third-order valence-corrected chi connectivity index (χ3v) is 5.21. The minimum Gasteiger partial charge on any atom is -0.319 e. The molecule has 1 saturated heterocycles. The SMILES string of the molecule is O=C(Nc1ccc(F)cc1F)c1ccc(SCCN2CCCCC2)nc1. The number of nitrogens with zero attached hydrogens (tertiary/aromatic N) is 2. The number of hydrogen-bond acceptors (Lipinski definition) is 4. The van der Waals surface area contributed by atoms with Crippen LogP contribution in [0.25, 0.3) is 0 Å². The zero-order valence-corrected chi connectivity index (χ0v) is 15.2. The van der Waals surface area contributed by atoms with E-state index >= 15 is 0 Å². The van der Waals surface area contributed by atoms with Gasteiger partial charge in [-0.2, -0.15) is 0 Å². The molecule has 0 bridgehead atoms. The summed E-state index contributed by atoms with van der Waals surface area (Å²) >= 11 is 1.66. The molecule has 4 nitrogen and oxygen atoms in total. The van der Waals surface area contributed by atoms with Crippen molar-refractivity contribution in [2.24, 2.45) is 0 Å². The molecule has 0 aliphatic carbocycles. The number of rotatable bonds is 6. The van der Waals surface area contributed by atoms with Crippen molar-refractivity contribution in [2.75, 3.05) is 30.7 Å². The van der Waals surface area contributed by atoms with E-state index in [1.54, 1.807) is 23.9 Å². The number of anilines is 1. The number of carbonyl (C=O) groups excluding carboxylic acids is 1. The molecule has 0 spiro atoms. The number of carbonyl (C=O) groups is 1. The van der Waals surface area contributed by atoms with E-state index in [0.717, 1.165) is 29.5 Å². The molecule has 1 aliphatic heterocycles. The van der Waals surface area contributed by atoms with E-state index in [9.17, 15) is 13.6 Å². The Labute approximate surface area is 156 Å². The first kappa shape index (κ1) is 18.8. The lowest BCUT2D eigenvalue weighted by molar-refractivity contribution is 0.102. The summed E-state index contributed by atoms with van der Waals surface area (Å²) in [6.45, 7) is 3.39. The molecule has 1 aromatic heterocycles. The second kappa shape index (κ2) is 9.09. The second-order valence-electron chi connectivity index (χ2n) is 6.21. The lowest BCUT2D eigenvalue weighted by Gasteiger charge is -2.25. The van der Waals surface area contributed by atoms with Gasteiger partial charge in [0.15, 0.2) is 0 Å². The molecular weight excluding hydrogens is 356 g/mol. The van der Waals surface area contributed by atoms with Crippen LogP contribution in [0.1, 0.15) is 29.6 Å². The third kappa shape index (κ3) is 5.25. The molecule has 138 valence electrons. The van der Waals surface area contributed by atoms with Crippen molar-refractivity contribution in [3.05, 3.63) is 53.7 Å². The molecule has 0 saturated carbocycles. The maximum Gasteiger partial charge on any atom is 0.257 e. The molecule has 3 rings (SSSR count). The van der Waals surface area contributed by atoms with Crippen LogP contribution < -0.4 is 5.32 Å². The highest BCUT2D eigenvalue weighted by atomic mass is 32.2. The van der Waals surface area contributed by atoms with E-state index in [-0.39, 0.29) is 5.69 Å². The number of thioether (sulfide) groups is 1. The smallest absolute Gasteiger partial charge is 0.257 e. The van der Waals surface area contributed by atoms with Gasteiger partial charge in [-0.3, -0.25) is 4.79 Å². The summed E-state index contributed by atoms with van der Waals surface area (Å²) in [6, 6.07) is 6.47. The van der Waals surface area contributed by atoms with Gasteiger partial charge in [0.2, 0.25) is 0 Å². The Morgan fingerprint density at radius 1 is 1.15 bits per heavy atom. The first-order valence-corrected chi connectivity index (χ1v) is 9.68. The topological polar surface area (TPSA) is 45.2 Å². The van der Waals surface area contributed by atoms with Crippen LogP contribution in [0.5, 0.6) is 0 Å². The maximum atomic E-state index is 13.6. The number of piperidine rings is 1. The van der Waals surface area contributed by atoms with E-state index in [1.807, 2.05) is 0 Å². The van der Waals surface area contributed by atoms with Crippen LogP contribution in [0, 0.1) is 11.6 Å². The average molecular weight is 377 g/mol. The lowest BCUT2D eigenvalue weighted by atomic mass is 10.1. The molecule has 1 N–H and O–H groups in total. The summed E-state index contributed by atoms with van der Waals surface area (Å²) in [5.74, 6) is -1.02. The molecule has 2 heterocycles. The lowest BCUT2D eigenvalue weighted by Crippen LogP contribution is -2.31. The van der Waals surface area contributed by atoms with Crippen molar-refractivity contribution in [2.45, 2.75) is 24.3 Å². The Hall–Kier alpha value is -1.99. The van der Waals surface area contributed by atoms with E-state index < -0.39 is 17.5 Å². The number of aromatic nitrogens is 1. The van der Waals surface area contributed by atoms with Crippen LogP contribution in [0.15, 0.2) is 41.6 Å². The molecule has 0 radical (unpaired) electrons. The van der Waals surface area contributed by atoms with Crippen molar-refractivity contribution in [3.63, 3.8) is 0 Å². The van der Waals surface area contributed by atoms with Crippen molar-refractivity contribution in [1.29, 1.82) is 0 Å². The van der Waals surface area contributed by atoms with E-state index in [0.29, 0.717) is 5.56 Å². The van der Waals surface area contributed by atoms with Gasteiger partial charge in [0.25, 0.3) is 5.91 Å². The van der Waals surface area contributed by atoms with Crippen LogP contribution >= 0.6 is 11.8 Å². The van der Waals surface area contributed by atoms with Crippen molar-refractivity contribution in [1.82, 2.24) is 9.88 Å². The Morgan fingerprint density at radius 2 is 1.96 bits per heavy atom. The van der Waals surface area contributed by atoms with E-state index in [2.05, 4.69) is 15.2 Å². The molecule has 2 aromatic rings. The number of benzene rings is 1. The summed E-state index contributed by atoms with van der Waals surface area (Å²) in [5, 5.41) is 3.28. The first-order chi connectivity index (χ1) is 12.6. The molecule has 7 heteroatoms. The molecule has 1 fully saturated rings. The highest BCUT2D eigenvalue weighted by molar-refractivity contribution is 7.99. The van der Waals surface area contributed by atoms with Crippen LogP contribution in [-0.2, 0) is 0 Å². The van der Waals surface area contributed by atoms with Crippen molar-refractivity contribution >= 4 is 23.4 Å². The number of likely N-dealkylation sites (tertiary alicyclic amines) is 1. The predicted octanol–water partition coefficient (Wildman–Crippen LogP) is 4.19. The van der Waals surface area contributed by atoms with Crippen LogP contribution in [-0.4, -0.2) is 41.2 Å². The molecular formula is C19H21F2N3OS. The van der Waals surface area contributed by atoms with Gasteiger partial charge in [0.05, 0.1) is 16.3 Å². The fourth-order valence-electron chi connectivity index (χ4n) is 2.85. The van der Waals surface area contributed by atoms with Gasteiger partial charge in [0.1, 0.15) is 11.6 Å². The number of pyridine rings is 1. The Morgan fingerprint density at radius 3 is 2.65 bits per heavy atom. The number of halogens is 2. The molecule has 1 amide bonds. The number of nitrogens with one attached hydrogen (secondary N) is 1. The first-order valence-electron chi connectivity index (χ1n) is 8.69. The monoisotopic (exact) mass is 377 g/mol. The fraction of sp³-hybridized carbons (Fsp3) is 0.368. The fourth-order valence-corrected chi connectivity index (χ4v) is 3.70. The molecule has 0 atom stereocenters. The Kier molecular flexibility index (Phi) is 6.57. The summed E-state index contributed by atoms with van der Waals surface area (Å²) in [7, 11) is 0. The van der Waals surface area contributed by atoms with Crippen molar-refractivity contribution < 1.29 is 13.6 Å². The molecule has 0 unspecified atom stereocenters. The summed E-state index contributed by atoms with van der Waals surface area (Å²) in [4.78, 5) is 18.9. The van der Waals surface area contributed by atoms with Gasteiger partial charge in [-0.15, -0.1) is 11.8 Å². The number of hydrogen-bond donors (Lipinski definition) is 1. The third-order valence-electron chi connectivity index (χ3n) is 4.28. The van der Waals surface area contributed by atoms with Crippen LogP contribution in [0.4, 0.5) is 14.5 Å². The van der Waals surface area contributed by atoms with E-state index in [1.165, 1.54) is 44.6 Å².